The molecule has 1 amide bonds. The van der Waals surface area contributed by atoms with Crippen LogP contribution in [0.15, 0.2) is 84.9 Å². The molecule has 0 radical (unpaired) electrons. The molecule has 3 aromatic rings. The minimum atomic E-state index is -0.676. The third-order valence-electron chi connectivity index (χ3n) is 5.48. The van der Waals surface area contributed by atoms with Gasteiger partial charge < -0.3 is 26.3 Å². The van der Waals surface area contributed by atoms with E-state index in [1.165, 1.54) is 0 Å². The van der Waals surface area contributed by atoms with E-state index in [2.05, 4.69) is 41.7 Å². The number of hydrogen-bond acceptors (Lipinski definition) is 6. The summed E-state index contributed by atoms with van der Waals surface area (Å²) >= 11 is 1.65. The predicted octanol–water partition coefficient (Wildman–Crippen LogP) is 3.14. The Morgan fingerprint density at radius 2 is 1.47 bits per heavy atom. The van der Waals surface area contributed by atoms with Gasteiger partial charge in [0.1, 0.15) is 5.75 Å². The fourth-order valence-electron chi connectivity index (χ4n) is 3.77. The van der Waals surface area contributed by atoms with Crippen LogP contribution in [0.4, 0.5) is 0 Å². The molecular formula is C27H33N3O3S. The lowest BCUT2D eigenvalue weighted by molar-refractivity contribution is -0.122. The standard InChI is InChI=1S/C27H33N3O3S/c1-32-24-14-12-23(13-15-24)27(21-8-4-2-5-9-21,22-10-6-3-7-11-22)34-20-25(29)26(31)30-17-19-33-18-16-28/h2-15,25H,16-20,28-29H2,1H3,(H,30,31). The van der Waals surface area contributed by atoms with E-state index in [-0.39, 0.29) is 5.91 Å². The molecular weight excluding hydrogens is 446 g/mol. The van der Waals surface area contributed by atoms with Crippen molar-refractivity contribution in [1.29, 1.82) is 0 Å². The largest absolute Gasteiger partial charge is 0.497 e. The van der Waals surface area contributed by atoms with Gasteiger partial charge >= 0.3 is 0 Å². The SMILES string of the molecule is COc1ccc(C(SCC(N)C(=O)NCCOCCN)(c2ccccc2)c2ccccc2)cc1. The number of thioether (sulfide) groups is 1. The van der Waals surface area contributed by atoms with Crippen LogP contribution in [0.3, 0.4) is 0 Å². The van der Waals surface area contributed by atoms with E-state index in [0.717, 1.165) is 22.4 Å². The van der Waals surface area contributed by atoms with E-state index >= 15 is 0 Å². The average molecular weight is 480 g/mol. The van der Waals surface area contributed by atoms with Crippen LogP contribution < -0.4 is 21.5 Å². The summed E-state index contributed by atoms with van der Waals surface area (Å²) in [4.78, 5) is 12.6. The Balaban J connectivity index is 1.91. The summed E-state index contributed by atoms with van der Waals surface area (Å²) in [6, 6.07) is 28.0. The van der Waals surface area contributed by atoms with Crippen LogP contribution in [0.25, 0.3) is 0 Å². The zero-order valence-electron chi connectivity index (χ0n) is 19.5. The first-order valence-electron chi connectivity index (χ1n) is 11.3. The first kappa shape index (κ1) is 25.8. The van der Waals surface area contributed by atoms with Crippen molar-refractivity contribution in [2.24, 2.45) is 11.5 Å². The lowest BCUT2D eigenvalue weighted by Crippen LogP contribution is -2.44. The van der Waals surface area contributed by atoms with Crippen LogP contribution in [-0.2, 0) is 14.3 Å². The van der Waals surface area contributed by atoms with Gasteiger partial charge in [0.2, 0.25) is 5.91 Å². The molecule has 6 nitrogen and oxygen atoms in total. The van der Waals surface area contributed by atoms with Gasteiger partial charge in [-0.2, -0.15) is 0 Å². The molecule has 0 aliphatic carbocycles. The normalized spacial score (nSPS) is 12.2. The smallest absolute Gasteiger partial charge is 0.237 e. The zero-order valence-corrected chi connectivity index (χ0v) is 20.3. The van der Waals surface area contributed by atoms with E-state index in [0.29, 0.717) is 32.1 Å². The Morgan fingerprint density at radius 1 is 0.912 bits per heavy atom. The van der Waals surface area contributed by atoms with Crippen LogP contribution >= 0.6 is 11.8 Å². The number of amides is 1. The number of ether oxygens (including phenoxy) is 2. The lowest BCUT2D eigenvalue weighted by atomic mass is 9.84. The van der Waals surface area contributed by atoms with Crippen molar-refractivity contribution >= 4 is 17.7 Å². The fraction of sp³-hybridized carbons (Fsp3) is 0.296. The molecule has 3 rings (SSSR count). The van der Waals surface area contributed by atoms with E-state index in [9.17, 15) is 4.79 Å². The number of carbonyl (C=O) groups is 1. The Bertz CT molecular complexity index is 961. The maximum Gasteiger partial charge on any atom is 0.237 e. The average Bonchev–Trinajstić information content (AvgIpc) is 2.90. The van der Waals surface area contributed by atoms with E-state index in [1.807, 2.05) is 48.5 Å². The van der Waals surface area contributed by atoms with Gasteiger partial charge in [0.15, 0.2) is 0 Å². The number of hydrogen-bond donors (Lipinski definition) is 3. The number of nitrogens with one attached hydrogen (secondary N) is 1. The molecule has 0 heterocycles. The van der Waals surface area contributed by atoms with Crippen LogP contribution in [0.1, 0.15) is 16.7 Å². The summed E-state index contributed by atoms with van der Waals surface area (Å²) in [5.74, 6) is 1.01. The van der Waals surface area contributed by atoms with E-state index < -0.39 is 10.8 Å². The molecule has 0 aliphatic rings. The molecule has 1 unspecified atom stereocenters. The van der Waals surface area contributed by atoms with E-state index in [1.54, 1.807) is 18.9 Å². The van der Waals surface area contributed by atoms with Crippen LogP contribution in [0, 0.1) is 0 Å². The van der Waals surface area contributed by atoms with Gasteiger partial charge in [0.05, 0.1) is 31.1 Å². The van der Waals surface area contributed by atoms with Crippen LogP contribution in [-0.4, -0.2) is 51.1 Å². The van der Waals surface area contributed by atoms with Crippen molar-refractivity contribution in [3.8, 4) is 5.75 Å². The summed E-state index contributed by atoms with van der Waals surface area (Å²) in [7, 11) is 1.66. The fourth-order valence-corrected chi connectivity index (χ4v) is 5.26. The van der Waals surface area contributed by atoms with Gasteiger partial charge in [-0.1, -0.05) is 72.8 Å². The molecule has 0 fully saturated rings. The van der Waals surface area contributed by atoms with Gasteiger partial charge in [-0.25, -0.2) is 0 Å². The lowest BCUT2D eigenvalue weighted by Gasteiger charge is -2.36. The maximum absolute atomic E-state index is 12.6. The summed E-state index contributed by atoms with van der Waals surface area (Å²) in [5.41, 5.74) is 15.1. The quantitative estimate of drug-likeness (QED) is 0.257. The topological polar surface area (TPSA) is 99.6 Å². The zero-order chi connectivity index (χ0) is 24.2. The summed E-state index contributed by atoms with van der Waals surface area (Å²) < 4.78 is 10.2. The summed E-state index contributed by atoms with van der Waals surface area (Å²) in [6.07, 6.45) is 0. The van der Waals surface area contributed by atoms with Crippen molar-refractivity contribution in [1.82, 2.24) is 5.32 Å². The van der Waals surface area contributed by atoms with Gasteiger partial charge in [0, 0.05) is 18.8 Å². The monoisotopic (exact) mass is 479 g/mol. The molecule has 0 spiro atoms. The Labute approximate surface area is 206 Å². The van der Waals surface area contributed by atoms with Gasteiger partial charge in [-0.3, -0.25) is 4.79 Å². The van der Waals surface area contributed by atoms with Crippen molar-refractivity contribution < 1.29 is 14.3 Å². The Morgan fingerprint density at radius 3 is 2.00 bits per heavy atom. The van der Waals surface area contributed by atoms with Crippen molar-refractivity contribution in [2.75, 3.05) is 39.2 Å². The molecule has 34 heavy (non-hydrogen) atoms. The molecule has 7 heteroatoms. The summed E-state index contributed by atoms with van der Waals surface area (Å²) in [5, 5.41) is 2.85. The van der Waals surface area contributed by atoms with Crippen molar-refractivity contribution in [3.05, 3.63) is 102 Å². The van der Waals surface area contributed by atoms with Gasteiger partial charge in [0.25, 0.3) is 0 Å². The molecule has 0 bridgehead atoms. The summed E-state index contributed by atoms with van der Waals surface area (Å²) in [6.45, 7) is 1.73. The maximum atomic E-state index is 12.6. The minimum Gasteiger partial charge on any atom is -0.497 e. The number of nitrogens with two attached hydrogens (primary N) is 2. The number of methoxy groups -OCH3 is 1. The molecule has 1 atom stereocenters. The molecule has 180 valence electrons. The number of benzene rings is 3. The Hall–Kier alpha value is -2.84. The minimum absolute atomic E-state index is 0.200. The van der Waals surface area contributed by atoms with Crippen LogP contribution in [0.5, 0.6) is 5.75 Å². The molecule has 5 N–H and O–H groups in total. The second-order valence-electron chi connectivity index (χ2n) is 7.75. The molecule has 0 saturated carbocycles. The van der Waals surface area contributed by atoms with Crippen LogP contribution in [0.2, 0.25) is 0 Å². The highest BCUT2D eigenvalue weighted by Gasteiger charge is 2.38. The molecule has 3 aromatic carbocycles. The molecule has 0 aliphatic heterocycles. The molecule has 0 aromatic heterocycles. The second kappa shape index (κ2) is 13.2. The predicted molar refractivity (Wildman–Crippen MR) is 139 cm³/mol. The molecule has 0 saturated heterocycles. The van der Waals surface area contributed by atoms with Gasteiger partial charge in [-0.15, -0.1) is 11.8 Å². The number of rotatable bonds is 13. The van der Waals surface area contributed by atoms with E-state index in [4.69, 9.17) is 20.9 Å². The van der Waals surface area contributed by atoms with Crippen molar-refractivity contribution in [3.63, 3.8) is 0 Å². The number of carbonyl (C=O) groups excluding carboxylic acids is 1. The third kappa shape index (κ3) is 6.39. The van der Waals surface area contributed by atoms with Crippen molar-refractivity contribution in [2.45, 2.75) is 10.8 Å². The highest BCUT2D eigenvalue weighted by molar-refractivity contribution is 8.00. The first-order chi connectivity index (χ1) is 16.6. The first-order valence-corrected chi connectivity index (χ1v) is 12.3. The Kier molecular flexibility index (Phi) is 9.97. The van der Waals surface area contributed by atoms with Gasteiger partial charge in [-0.05, 0) is 28.8 Å². The third-order valence-corrected chi connectivity index (χ3v) is 7.15. The highest BCUT2D eigenvalue weighted by atomic mass is 32.2. The second-order valence-corrected chi connectivity index (χ2v) is 8.99. The highest BCUT2D eigenvalue weighted by Crippen LogP contribution is 2.48.